The summed E-state index contributed by atoms with van der Waals surface area (Å²) >= 11 is 5.86. The molecule has 1 aromatic carbocycles. The van der Waals surface area contributed by atoms with Crippen LogP contribution >= 0.6 is 11.6 Å². The van der Waals surface area contributed by atoms with Crippen molar-refractivity contribution in [3.63, 3.8) is 0 Å². The fourth-order valence-electron chi connectivity index (χ4n) is 1.86. The Kier molecular flexibility index (Phi) is 3.07. The Morgan fingerprint density at radius 2 is 2.33 bits per heavy atom. The van der Waals surface area contributed by atoms with Crippen molar-refractivity contribution in [2.24, 2.45) is 5.73 Å². The van der Waals surface area contributed by atoms with Gasteiger partial charge in [-0.2, -0.15) is 5.26 Å². The number of hydrogen-bond acceptors (Lipinski definition) is 5. The van der Waals surface area contributed by atoms with Crippen molar-refractivity contribution in [2.45, 2.75) is 18.4 Å². The molecule has 1 aliphatic carbocycles. The molecular weight excluding hydrogens is 292 g/mol. The molecule has 6 nitrogen and oxygen atoms in total. The van der Waals surface area contributed by atoms with Gasteiger partial charge in [0, 0.05) is 17.2 Å². The van der Waals surface area contributed by atoms with Crippen molar-refractivity contribution in [3.8, 4) is 6.07 Å². The van der Waals surface area contributed by atoms with Gasteiger partial charge in [-0.25, -0.2) is 4.98 Å². The largest absolute Gasteiger partial charge is 0.437 e. The minimum absolute atomic E-state index is 0.0609. The number of carbonyl (C=O) groups excluding carboxylic acids is 1. The van der Waals surface area contributed by atoms with E-state index < -0.39 is 11.4 Å². The molecule has 0 bridgehead atoms. The summed E-state index contributed by atoms with van der Waals surface area (Å²) in [7, 11) is 0. The maximum atomic E-state index is 11.9. The monoisotopic (exact) mass is 302 g/mol. The van der Waals surface area contributed by atoms with Crippen LogP contribution in [0, 0.1) is 11.3 Å². The molecule has 7 heteroatoms. The molecule has 21 heavy (non-hydrogen) atoms. The minimum atomic E-state index is -0.760. The molecular formula is C14H11ClN4O2. The number of nitrogens with two attached hydrogens (primary N) is 1. The number of hydrogen-bond donors (Lipinski definition) is 2. The predicted octanol–water partition coefficient (Wildman–Crippen LogP) is 1.95. The summed E-state index contributed by atoms with van der Waals surface area (Å²) in [5.41, 5.74) is 6.02. The van der Waals surface area contributed by atoms with Crippen LogP contribution in [0.5, 0.6) is 0 Å². The second-order valence-electron chi connectivity index (χ2n) is 4.91. The third-order valence-corrected chi connectivity index (χ3v) is 3.46. The van der Waals surface area contributed by atoms with Gasteiger partial charge in [-0.15, -0.1) is 0 Å². The van der Waals surface area contributed by atoms with Crippen LogP contribution in [0.3, 0.4) is 0 Å². The maximum Gasteiger partial charge on any atom is 0.268 e. The SMILES string of the molecule is N#CC1(NC(=O)C(N)=Cc2nc3ccc(Cl)cc3o2)CC1. The van der Waals surface area contributed by atoms with Crippen LogP contribution in [0.2, 0.25) is 5.02 Å². The molecule has 2 aromatic rings. The number of rotatable bonds is 3. The summed E-state index contributed by atoms with van der Waals surface area (Å²) in [5, 5.41) is 12.1. The highest BCUT2D eigenvalue weighted by Gasteiger charge is 2.44. The molecule has 1 heterocycles. The Bertz CT molecular complexity index is 799. The van der Waals surface area contributed by atoms with Gasteiger partial charge in [0.1, 0.15) is 16.8 Å². The molecule has 0 atom stereocenters. The normalized spacial score (nSPS) is 16.5. The third-order valence-electron chi connectivity index (χ3n) is 3.23. The van der Waals surface area contributed by atoms with Crippen molar-refractivity contribution in [3.05, 3.63) is 34.8 Å². The Hall–Kier alpha value is -2.52. The molecule has 3 rings (SSSR count). The van der Waals surface area contributed by atoms with Gasteiger partial charge in [0.25, 0.3) is 5.91 Å². The highest BCUT2D eigenvalue weighted by molar-refractivity contribution is 6.31. The molecule has 1 amide bonds. The van der Waals surface area contributed by atoms with Crippen LogP contribution in [0.15, 0.2) is 28.3 Å². The van der Waals surface area contributed by atoms with Crippen molar-refractivity contribution < 1.29 is 9.21 Å². The molecule has 1 saturated carbocycles. The van der Waals surface area contributed by atoms with Gasteiger partial charge < -0.3 is 15.5 Å². The number of nitrogens with one attached hydrogen (secondary N) is 1. The first-order chi connectivity index (χ1) is 10.0. The third kappa shape index (κ3) is 2.69. The van der Waals surface area contributed by atoms with Crippen LogP contribution in [0.25, 0.3) is 17.2 Å². The van der Waals surface area contributed by atoms with Crippen molar-refractivity contribution in [1.82, 2.24) is 10.3 Å². The zero-order chi connectivity index (χ0) is 15.0. The number of halogens is 1. The molecule has 0 unspecified atom stereocenters. The predicted molar refractivity (Wildman–Crippen MR) is 76.9 cm³/mol. The van der Waals surface area contributed by atoms with E-state index in [1.54, 1.807) is 18.2 Å². The number of nitriles is 1. The average Bonchev–Trinajstić information content (AvgIpc) is 3.11. The van der Waals surface area contributed by atoms with Gasteiger partial charge >= 0.3 is 0 Å². The molecule has 0 saturated heterocycles. The molecule has 3 N–H and O–H groups in total. The Morgan fingerprint density at radius 3 is 3.00 bits per heavy atom. The second kappa shape index (κ2) is 4.79. The Labute approximate surface area is 125 Å². The van der Waals surface area contributed by atoms with E-state index in [1.807, 2.05) is 0 Å². The zero-order valence-electron chi connectivity index (χ0n) is 10.9. The number of aromatic nitrogens is 1. The van der Waals surface area contributed by atoms with Gasteiger partial charge in [-0.3, -0.25) is 4.79 Å². The number of benzene rings is 1. The number of amides is 1. The zero-order valence-corrected chi connectivity index (χ0v) is 11.6. The van der Waals surface area contributed by atoms with Crippen LogP contribution in [-0.2, 0) is 4.79 Å². The smallest absolute Gasteiger partial charge is 0.268 e. The van der Waals surface area contributed by atoms with Gasteiger partial charge in [0.15, 0.2) is 5.58 Å². The molecule has 1 aromatic heterocycles. The van der Waals surface area contributed by atoms with Crippen molar-refractivity contribution >= 4 is 34.7 Å². The van der Waals surface area contributed by atoms with Gasteiger partial charge in [0.05, 0.1) is 6.07 Å². The first-order valence-corrected chi connectivity index (χ1v) is 6.66. The highest BCUT2D eigenvalue weighted by Crippen LogP contribution is 2.34. The van der Waals surface area contributed by atoms with Crippen LogP contribution in [0.4, 0.5) is 0 Å². The van der Waals surface area contributed by atoms with Crippen molar-refractivity contribution in [1.29, 1.82) is 5.26 Å². The van der Waals surface area contributed by atoms with E-state index >= 15 is 0 Å². The number of carbonyl (C=O) groups is 1. The van der Waals surface area contributed by atoms with Gasteiger partial charge in [0.2, 0.25) is 5.89 Å². The van der Waals surface area contributed by atoms with Crippen LogP contribution < -0.4 is 11.1 Å². The quantitative estimate of drug-likeness (QED) is 0.843. The fourth-order valence-corrected chi connectivity index (χ4v) is 2.02. The molecule has 0 aliphatic heterocycles. The van der Waals surface area contributed by atoms with E-state index in [9.17, 15) is 4.79 Å². The van der Waals surface area contributed by atoms with Crippen molar-refractivity contribution in [2.75, 3.05) is 0 Å². The molecule has 1 aliphatic rings. The lowest BCUT2D eigenvalue weighted by Gasteiger charge is -2.08. The summed E-state index contributed by atoms with van der Waals surface area (Å²) in [6.07, 6.45) is 2.62. The summed E-state index contributed by atoms with van der Waals surface area (Å²) in [5.74, 6) is -0.295. The lowest BCUT2D eigenvalue weighted by Crippen LogP contribution is -2.38. The number of oxazole rings is 1. The number of nitrogens with zero attached hydrogens (tertiary/aromatic N) is 2. The van der Waals surface area contributed by atoms with Gasteiger partial charge in [-0.05, 0) is 25.0 Å². The van der Waals surface area contributed by atoms with Crippen LogP contribution in [0.1, 0.15) is 18.7 Å². The minimum Gasteiger partial charge on any atom is -0.437 e. The summed E-state index contributed by atoms with van der Waals surface area (Å²) in [6, 6.07) is 7.10. The van der Waals surface area contributed by atoms with Crippen LogP contribution in [-0.4, -0.2) is 16.4 Å². The van der Waals surface area contributed by atoms with E-state index in [-0.39, 0.29) is 11.6 Å². The lowest BCUT2D eigenvalue weighted by molar-refractivity contribution is -0.118. The Balaban J connectivity index is 1.82. The fraction of sp³-hybridized carbons (Fsp3) is 0.214. The first kappa shape index (κ1) is 13.5. The topological polar surface area (TPSA) is 105 Å². The highest BCUT2D eigenvalue weighted by atomic mass is 35.5. The van der Waals surface area contributed by atoms with E-state index in [2.05, 4.69) is 16.4 Å². The molecule has 0 spiro atoms. The van der Waals surface area contributed by atoms with Gasteiger partial charge in [-0.1, -0.05) is 11.6 Å². The summed E-state index contributed by atoms with van der Waals surface area (Å²) in [4.78, 5) is 16.1. The number of fused-ring (bicyclic) bond motifs is 1. The summed E-state index contributed by atoms with van der Waals surface area (Å²) < 4.78 is 5.44. The lowest BCUT2D eigenvalue weighted by atomic mass is 10.3. The average molecular weight is 303 g/mol. The Morgan fingerprint density at radius 1 is 1.57 bits per heavy atom. The second-order valence-corrected chi connectivity index (χ2v) is 5.35. The standard InChI is InChI=1S/C14H11ClN4O2/c15-8-1-2-10-11(5-8)21-12(18-10)6-9(17)13(20)19-14(7-16)3-4-14/h1-2,5-6H,3-4,17H2,(H,19,20). The van der Waals surface area contributed by atoms with E-state index in [0.29, 0.717) is 29.0 Å². The van der Waals surface area contributed by atoms with E-state index in [4.69, 9.17) is 27.0 Å². The van der Waals surface area contributed by atoms with E-state index in [0.717, 1.165) is 0 Å². The summed E-state index contributed by atoms with van der Waals surface area (Å²) in [6.45, 7) is 0. The molecule has 1 fully saturated rings. The van der Waals surface area contributed by atoms with E-state index in [1.165, 1.54) is 6.08 Å². The molecule has 0 radical (unpaired) electrons. The first-order valence-electron chi connectivity index (χ1n) is 6.28. The molecule has 106 valence electrons. The maximum absolute atomic E-state index is 11.9.